The first-order valence-corrected chi connectivity index (χ1v) is 4.94. The van der Waals surface area contributed by atoms with Crippen LogP contribution in [0.1, 0.15) is 26.7 Å². The Balaban J connectivity index is 2.39. The predicted molar refractivity (Wildman–Crippen MR) is 51.8 cm³/mol. The molecule has 1 rings (SSSR count). The minimum Gasteiger partial charge on any atom is -0.330 e. The van der Waals surface area contributed by atoms with E-state index in [2.05, 4.69) is 12.3 Å². The second-order valence-electron chi connectivity index (χ2n) is 3.78. The summed E-state index contributed by atoms with van der Waals surface area (Å²) in [6.45, 7) is 5.49. The molecule has 0 aromatic carbocycles. The van der Waals surface area contributed by atoms with Gasteiger partial charge < -0.3 is 5.73 Å². The summed E-state index contributed by atoms with van der Waals surface area (Å²) in [4.78, 5) is 11.4. The molecule has 1 saturated heterocycles. The molecule has 0 radical (unpaired) electrons. The van der Waals surface area contributed by atoms with E-state index >= 15 is 0 Å². The normalized spacial score (nSPS) is 25.3. The van der Waals surface area contributed by atoms with Crippen LogP contribution < -0.4 is 11.2 Å². The van der Waals surface area contributed by atoms with E-state index in [4.69, 9.17) is 5.73 Å². The second kappa shape index (κ2) is 4.58. The van der Waals surface area contributed by atoms with E-state index in [0.717, 1.165) is 13.0 Å². The van der Waals surface area contributed by atoms with Gasteiger partial charge in [0.2, 0.25) is 5.91 Å². The van der Waals surface area contributed by atoms with Gasteiger partial charge in [-0.2, -0.15) is 0 Å². The van der Waals surface area contributed by atoms with Crippen LogP contribution in [0.5, 0.6) is 0 Å². The highest BCUT2D eigenvalue weighted by atomic mass is 16.2. The van der Waals surface area contributed by atoms with E-state index in [0.29, 0.717) is 24.9 Å². The highest BCUT2D eigenvalue weighted by molar-refractivity contribution is 5.78. The number of hydrazine groups is 1. The lowest BCUT2D eigenvalue weighted by atomic mass is 10.2. The molecule has 0 saturated carbocycles. The summed E-state index contributed by atoms with van der Waals surface area (Å²) in [7, 11) is 0. The Labute approximate surface area is 79.4 Å². The van der Waals surface area contributed by atoms with E-state index in [1.807, 2.05) is 6.92 Å². The molecule has 0 spiro atoms. The molecule has 13 heavy (non-hydrogen) atoms. The molecule has 3 N–H and O–H groups in total. The number of nitrogens with one attached hydrogen (secondary N) is 1. The zero-order valence-electron chi connectivity index (χ0n) is 8.42. The molecule has 1 fully saturated rings. The van der Waals surface area contributed by atoms with Crippen molar-refractivity contribution in [3.05, 3.63) is 0 Å². The van der Waals surface area contributed by atoms with Crippen molar-refractivity contribution in [3.8, 4) is 0 Å². The van der Waals surface area contributed by atoms with Crippen LogP contribution in [-0.2, 0) is 4.79 Å². The number of nitrogens with zero attached hydrogens (tertiary/aromatic N) is 1. The number of rotatable bonds is 4. The lowest BCUT2D eigenvalue weighted by Gasteiger charge is -2.20. The molecule has 0 aromatic rings. The van der Waals surface area contributed by atoms with Gasteiger partial charge in [0, 0.05) is 19.0 Å². The van der Waals surface area contributed by atoms with Gasteiger partial charge in [0.15, 0.2) is 0 Å². The molecule has 4 heteroatoms. The van der Waals surface area contributed by atoms with Gasteiger partial charge in [-0.1, -0.05) is 13.8 Å². The van der Waals surface area contributed by atoms with E-state index < -0.39 is 0 Å². The van der Waals surface area contributed by atoms with Gasteiger partial charge in [0.05, 0.1) is 0 Å². The average Bonchev–Trinajstić information content (AvgIpc) is 2.47. The molecule has 1 aliphatic heterocycles. The Kier molecular flexibility index (Phi) is 3.69. The van der Waals surface area contributed by atoms with E-state index in [-0.39, 0.29) is 5.91 Å². The smallest absolute Gasteiger partial charge is 0.238 e. The third-order valence-corrected chi connectivity index (χ3v) is 2.45. The Morgan fingerprint density at radius 2 is 2.46 bits per heavy atom. The topological polar surface area (TPSA) is 58.4 Å². The van der Waals surface area contributed by atoms with Crippen molar-refractivity contribution in [1.29, 1.82) is 0 Å². The van der Waals surface area contributed by atoms with Gasteiger partial charge in [-0.25, -0.2) is 5.43 Å². The van der Waals surface area contributed by atoms with Crippen molar-refractivity contribution in [3.63, 3.8) is 0 Å². The lowest BCUT2D eigenvalue weighted by Crippen LogP contribution is -2.41. The maximum absolute atomic E-state index is 11.4. The summed E-state index contributed by atoms with van der Waals surface area (Å²) in [5.41, 5.74) is 8.68. The zero-order chi connectivity index (χ0) is 9.84. The van der Waals surface area contributed by atoms with Crippen LogP contribution in [0, 0.1) is 5.92 Å². The Morgan fingerprint density at radius 1 is 1.77 bits per heavy atom. The fraction of sp³-hybridized carbons (Fsp3) is 0.889. The monoisotopic (exact) mass is 185 g/mol. The van der Waals surface area contributed by atoms with Gasteiger partial charge in [-0.15, -0.1) is 0 Å². The van der Waals surface area contributed by atoms with Gasteiger partial charge in [-0.3, -0.25) is 9.80 Å². The molecule has 2 atom stereocenters. The number of carbonyl (C=O) groups excluding carboxylic acids is 1. The number of amides is 1. The molecule has 4 nitrogen and oxygen atoms in total. The number of hydrogen-bond donors (Lipinski definition) is 2. The zero-order valence-corrected chi connectivity index (χ0v) is 8.42. The van der Waals surface area contributed by atoms with Crippen LogP contribution in [0.15, 0.2) is 0 Å². The third kappa shape index (κ3) is 2.67. The highest BCUT2D eigenvalue weighted by Gasteiger charge is 2.28. The first kappa shape index (κ1) is 10.5. The third-order valence-electron chi connectivity index (χ3n) is 2.45. The van der Waals surface area contributed by atoms with Crippen LogP contribution in [0.2, 0.25) is 0 Å². The Morgan fingerprint density at radius 3 is 2.92 bits per heavy atom. The van der Waals surface area contributed by atoms with Gasteiger partial charge in [0.1, 0.15) is 0 Å². The van der Waals surface area contributed by atoms with Crippen LogP contribution >= 0.6 is 0 Å². The van der Waals surface area contributed by atoms with Crippen molar-refractivity contribution in [1.82, 2.24) is 10.4 Å². The van der Waals surface area contributed by atoms with Gasteiger partial charge in [0.25, 0.3) is 0 Å². The molecule has 76 valence electrons. The molecule has 1 amide bonds. The quantitative estimate of drug-likeness (QED) is 0.653. The minimum atomic E-state index is 0.201. The highest BCUT2D eigenvalue weighted by Crippen LogP contribution is 2.11. The first-order chi connectivity index (χ1) is 6.17. The maximum Gasteiger partial charge on any atom is 0.238 e. The number of hydrogen-bond acceptors (Lipinski definition) is 3. The molecular formula is C9H19N3O. The van der Waals surface area contributed by atoms with E-state index in [1.165, 1.54) is 0 Å². The molecule has 0 aromatic heterocycles. The maximum atomic E-state index is 11.4. The van der Waals surface area contributed by atoms with Crippen LogP contribution in [0.25, 0.3) is 0 Å². The fourth-order valence-electron chi connectivity index (χ4n) is 1.44. The summed E-state index contributed by atoms with van der Waals surface area (Å²) in [5.74, 6) is 0.569. The van der Waals surface area contributed by atoms with Crippen molar-refractivity contribution in [2.75, 3.05) is 13.1 Å². The van der Waals surface area contributed by atoms with Crippen LogP contribution in [0.4, 0.5) is 0 Å². The first-order valence-electron chi connectivity index (χ1n) is 4.94. The standard InChI is InChI=1S/C9H19N3O/c1-3-8-4-9(13)12(11-8)6-7(2)5-10/h7-8,11H,3-6,10H2,1-2H3. The summed E-state index contributed by atoms with van der Waals surface area (Å²) >= 11 is 0. The largest absolute Gasteiger partial charge is 0.330 e. The van der Waals surface area contributed by atoms with Crippen molar-refractivity contribution < 1.29 is 4.79 Å². The Hall–Kier alpha value is -0.610. The number of nitrogens with two attached hydrogens (primary N) is 1. The van der Waals surface area contributed by atoms with Crippen molar-refractivity contribution in [2.45, 2.75) is 32.7 Å². The summed E-state index contributed by atoms with van der Waals surface area (Å²) in [6.07, 6.45) is 1.63. The minimum absolute atomic E-state index is 0.201. The van der Waals surface area contributed by atoms with Crippen LogP contribution in [-0.4, -0.2) is 30.0 Å². The van der Waals surface area contributed by atoms with Crippen LogP contribution in [0.3, 0.4) is 0 Å². The number of carbonyl (C=O) groups is 1. The van der Waals surface area contributed by atoms with Gasteiger partial charge >= 0.3 is 0 Å². The lowest BCUT2D eigenvalue weighted by molar-refractivity contribution is -0.130. The summed E-state index contributed by atoms with van der Waals surface area (Å²) < 4.78 is 0. The molecule has 0 aliphatic carbocycles. The van der Waals surface area contributed by atoms with Crippen molar-refractivity contribution >= 4 is 5.91 Å². The molecule has 0 bridgehead atoms. The van der Waals surface area contributed by atoms with E-state index in [9.17, 15) is 4.79 Å². The SMILES string of the molecule is CCC1CC(=O)N(CC(C)CN)N1. The fourth-order valence-corrected chi connectivity index (χ4v) is 1.44. The van der Waals surface area contributed by atoms with Crippen molar-refractivity contribution in [2.24, 2.45) is 11.7 Å². The van der Waals surface area contributed by atoms with Gasteiger partial charge in [-0.05, 0) is 18.9 Å². The van der Waals surface area contributed by atoms with E-state index in [1.54, 1.807) is 5.01 Å². The summed E-state index contributed by atoms with van der Waals surface area (Å²) in [5, 5.41) is 1.71. The predicted octanol–water partition coefficient (Wildman–Crippen LogP) is 0.0967. The average molecular weight is 185 g/mol. The molecule has 1 aliphatic rings. The molecule has 1 heterocycles. The molecule has 2 unspecified atom stereocenters. The second-order valence-corrected chi connectivity index (χ2v) is 3.78. The Bertz CT molecular complexity index is 184. The summed E-state index contributed by atoms with van der Waals surface area (Å²) in [6, 6.07) is 0.331. The molecular weight excluding hydrogens is 166 g/mol.